The number of unbranched alkanes of at least 4 members (excludes halogenated alkanes) is 18. The molecule has 5 aliphatic heterocycles. The Morgan fingerprint density at radius 3 is 1.50 bits per heavy atom. The van der Waals surface area contributed by atoms with E-state index in [1.165, 1.54) is 50.7 Å². The van der Waals surface area contributed by atoms with E-state index in [9.17, 15) is 44.7 Å². The fourth-order valence-corrected chi connectivity index (χ4v) is 13.3. The van der Waals surface area contributed by atoms with Gasteiger partial charge in [0.2, 0.25) is 0 Å². The van der Waals surface area contributed by atoms with Crippen LogP contribution in [0, 0.1) is 0 Å². The van der Waals surface area contributed by atoms with Crippen molar-refractivity contribution in [1.29, 1.82) is 0 Å². The van der Waals surface area contributed by atoms with E-state index >= 15 is 0 Å². The van der Waals surface area contributed by atoms with E-state index in [0.717, 1.165) is 135 Å². The van der Waals surface area contributed by atoms with Gasteiger partial charge in [-0.15, -0.1) is 0 Å². The third-order valence-corrected chi connectivity index (χ3v) is 19.0. The Bertz CT molecular complexity index is 2290. The molecule has 5 aliphatic rings. The second kappa shape index (κ2) is 43.7. The van der Waals surface area contributed by atoms with Crippen molar-refractivity contribution in [2.45, 2.75) is 389 Å². The number of ether oxygens (including phenoxy) is 12. The summed E-state index contributed by atoms with van der Waals surface area (Å²) in [6.07, 6.45) is 2.60. The van der Waals surface area contributed by atoms with E-state index in [1.807, 2.05) is 6.07 Å². The highest BCUT2D eigenvalue weighted by atomic mass is 16.8. The van der Waals surface area contributed by atoms with Crippen molar-refractivity contribution in [2.24, 2.45) is 0 Å². The summed E-state index contributed by atoms with van der Waals surface area (Å²) in [5, 5.41) is 60.4. The minimum Gasteiger partial charge on any atom is -0.457 e. The maximum atomic E-state index is 14.1. The monoisotopic (exact) mass is 1330 g/mol. The largest absolute Gasteiger partial charge is 0.457 e. The number of aliphatic hydroxyl groups is 5. The van der Waals surface area contributed by atoms with Gasteiger partial charge in [0.05, 0.1) is 30.5 Å². The summed E-state index contributed by atoms with van der Waals surface area (Å²) in [5.74, 6) is -2.79. The smallest absolute Gasteiger partial charge is 0.331 e. The first-order valence-corrected chi connectivity index (χ1v) is 36.6. The van der Waals surface area contributed by atoms with Crippen LogP contribution in [0.4, 0.5) is 0 Å². The SMILES string of the molecule is CCCCCCCCCCCC(=O)O[C@@H]1[C@@H](O)[C@@H](OC(=O)/C=C/c2ccccc2)[C@H](O[C@@H]2[C@@H](O)[C@@H](OC(=O)CCCCCCCCCCC)[C@H](O[C@@H]3[C@@H](O)[C@H]4OC(=O)CCCCCCCCCC(CCCCC)O[C@@H]5O[C@H](C)[C@H](O)[C@H](O)[C@H]5O[C@@H]4O[C@H]3C)O[C@H]2C)O[C@H]1C. The van der Waals surface area contributed by atoms with Gasteiger partial charge in [0, 0.05) is 25.3 Å². The lowest BCUT2D eigenvalue weighted by Crippen LogP contribution is -2.67. The second-order valence-electron chi connectivity index (χ2n) is 27.0. The van der Waals surface area contributed by atoms with Crippen molar-refractivity contribution < 1.29 is 102 Å². The van der Waals surface area contributed by atoms with Crippen LogP contribution in [0.1, 0.15) is 266 Å². The molecule has 0 aromatic heterocycles. The predicted molar refractivity (Wildman–Crippen MR) is 351 cm³/mol. The highest BCUT2D eigenvalue weighted by Gasteiger charge is 2.57. The summed E-state index contributed by atoms with van der Waals surface area (Å²) in [7, 11) is 0. The van der Waals surface area contributed by atoms with E-state index in [0.29, 0.717) is 24.8 Å². The molecular weight excluding hydrogens is 1210 g/mol. The molecule has 5 saturated heterocycles. The Kier molecular flexibility index (Phi) is 36.8. The fraction of sp³-hybridized carbons (Fsp3) is 0.836. The summed E-state index contributed by atoms with van der Waals surface area (Å²) < 4.78 is 76.1. The van der Waals surface area contributed by atoms with Crippen LogP contribution in [0.3, 0.4) is 0 Å². The van der Waals surface area contributed by atoms with Gasteiger partial charge < -0.3 is 82.4 Å². The summed E-state index contributed by atoms with van der Waals surface area (Å²) in [6.45, 7) is 12.8. The van der Waals surface area contributed by atoms with Gasteiger partial charge >= 0.3 is 23.9 Å². The molecule has 0 spiro atoms. The van der Waals surface area contributed by atoms with Gasteiger partial charge in [-0.25, -0.2) is 4.79 Å². The predicted octanol–water partition coefficient (Wildman–Crippen LogP) is 11.6. The van der Waals surface area contributed by atoms with Crippen LogP contribution in [0.2, 0.25) is 0 Å². The summed E-state index contributed by atoms with van der Waals surface area (Å²) in [6, 6.07) is 9.02. The zero-order valence-electron chi connectivity index (χ0n) is 57.8. The lowest BCUT2D eigenvalue weighted by atomic mass is 9.95. The van der Waals surface area contributed by atoms with Crippen LogP contribution in [0.5, 0.6) is 0 Å². The molecule has 1 aromatic rings. The molecule has 5 N–H and O–H groups in total. The average Bonchev–Trinajstić information content (AvgIpc) is 0.779. The first-order chi connectivity index (χ1) is 45.4. The number of hydrogen-bond donors (Lipinski definition) is 5. The zero-order valence-corrected chi connectivity index (χ0v) is 57.8. The number of fused-ring (bicyclic) bond motifs is 2. The van der Waals surface area contributed by atoms with Gasteiger partial charge in [-0.3, -0.25) is 14.4 Å². The highest BCUT2D eigenvalue weighted by molar-refractivity contribution is 5.87. The normalized spacial score (nSPS) is 34.1. The Hall–Kier alpha value is -3.68. The van der Waals surface area contributed by atoms with Gasteiger partial charge in [-0.2, -0.15) is 0 Å². The van der Waals surface area contributed by atoms with Crippen molar-refractivity contribution in [2.75, 3.05) is 0 Å². The second-order valence-corrected chi connectivity index (χ2v) is 27.0. The molecule has 1 unspecified atom stereocenters. The molecule has 21 nitrogen and oxygen atoms in total. The van der Waals surface area contributed by atoms with Gasteiger partial charge in [0.25, 0.3) is 0 Å². The van der Waals surface area contributed by atoms with Gasteiger partial charge in [0.1, 0.15) is 48.8 Å². The van der Waals surface area contributed by atoms with Crippen molar-refractivity contribution >= 4 is 30.0 Å². The summed E-state index contributed by atoms with van der Waals surface area (Å²) in [5.41, 5.74) is 0.694. The van der Waals surface area contributed by atoms with Crippen molar-refractivity contribution in [3.63, 3.8) is 0 Å². The summed E-state index contributed by atoms with van der Waals surface area (Å²) in [4.78, 5) is 55.0. The minimum absolute atomic E-state index is 0.0115. The van der Waals surface area contributed by atoms with Crippen LogP contribution in [-0.4, -0.2) is 178 Å². The van der Waals surface area contributed by atoms with E-state index in [2.05, 4.69) is 20.8 Å². The van der Waals surface area contributed by atoms with Crippen LogP contribution in [-0.2, 0) is 76.0 Å². The molecule has 0 aliphatic carbocycles. The van der Waals surface area contributed by atoms with Crippen LogP contribution in [0.25, 0.3) is 6.08 Å². The zero-order chi connectivity index (χ0) is 67.8. The Morgan fingerprint density at radius 1 is 0.457 bits per heavy atom. The van der Waals surface area contributed by atoms with Crippen LogP contribution < -0.4 is 0 Å². The molecule has 5 fully saturated rings. The quantitative estimate of drug-likeness (QED) is 0.0189. The first-order valence-electron chi connectivity index (χ1n) is 36.6. The van der Waals surface area contributed by atoms with Gasteiger partial charge in [-0.1, -0.05) is 212 Å². The van der Waals surface area contributed by atoms with E-state index < -0.39 is 147 Å². The lowest BCUT2D eigenvalue weighted by Gasteiger charge is -2.49. The Balaban J connectivity index is 1.25. The fourth-order valence-electron chi connectivity index (χ4n) is 13.3. The molecule has 538 valence electrons. The summed E-state index contributed by atoms with van der Waals surface area (Å²) >= 11 is 0. The van der Waals surface area contributed by atoms with Crippen molar-refractivity contribution in [3.8, 4) is 0 Å². The molecule has 6 rings (SSSR count). The lowest BCUT2D eigenvalue weighted by molar-refractivity contribution is -0.387. The number of aliphatic hydroxyl groups excluding tert-OH is 5. The van der Waals surface area contributed by atoms with Crippen LogP contribution >= 0.6 is 0 Å². The minimum atomic E-state index is -1.79. The molecule has 1 aromatic carbocycles. The topological polar surface area (TPSA) is 280 Å². The molecule has 94 heavy (non-hydrogen) atoms. The Labute approximate surface area is 560 Å². The number of carbonyl (C=O) groups is 4. The molecule has 21 heteroatoms. The van der Waals surface area contributed by atoms with E-state index in [4.69, 9.17) is 56.8 Å². The number of carbonyl (C=O) groups excluding carboxylic acids is 4. The average molecular weight is 1330 g/mol. The van der Waals surface area contributed by atoms with E-state index in [-0.39, 0.29) is 25.4 Å². The standard InChI is InChI=1S/C73H120O21/c1-8-11-14-16-18-20-24-28-36-43-54(74)88-63-49(5)84-71(67(60(63)80)91-57(77)47-46-52-39-33-31-34-40-52)92-64-50(6)85-72(68(61(64)81)89-55(75)44-37-29-25-21-19-17-15-12-9-2)93-65-51(7)86-73-69(62(65)82)90-56(76)45-38-30-26-22-23-27-35-42-53(41-32-13-10-3)87-70-66(94-73)59(79)58(78)48(4)83-70/h31,33-34,39-40,46-51,53,58-73,78-82H,8-30,32,35-38,41-45H2,1-7H3/b47-46+/t48-,49+,50+,51+,53?,58+,59+,60-,61-,62-,63+,64+,65+,66-,67-,68-,69-,70+,71+,72+,73+/m1/s1. The third-order valence-electron chi connectivity index (χ3n) is 19.0. The molecule has 5 heterocycles. The van der Waals surface area contributed by atoms with Gasteiger partial charge in [-0.05, 0) is 71.4 Å². The number of esters is 4. The molecule has 0 radical (unpaired) electrons. The number of hydrogen-bond acceptors (Lipinski definition) is 21. The van der Waals surface area contributed by atoms with Crippen LogP contribution in [0.15, 0.2) is 36.4 Å². The number of rotatable bonds is 33. The van der Waals surface area contributed by atoms with E-state index in [1.54, 1.807) is 52.0 Å². The molecule has 0 bridgehead atoms. The molecule has 0 saturated carbocycles. The first kappa shape index (κ1) is 79.3. The van der Waals surface area contributed by atoms with Crippen molar-refractivity contribution in [1.82, 2.24) is 0 Å². The Morgan fingerprint density at radius 2 is 0.915 bits per heavy atom. The molecule has 0 amide bonds. The molecular formula is C73H120O21. The van der Waals surface area contributed by atoms with Crippen molar-refractivity contribution in [3.05, 3.63) is 42.0 Å². The van der Waals surface area contributed by atoms with Gasteiger partial charge in [0.15, 0.2) is 49.6 Å². The third kappa shape index (κ3) is 26.2. The maximum Gasteiger partial charge on any atom is 0.331 e. The molecule has 21 atom stereocenters. The maximum absolute atomic E-state index is 14.1. The highest BCUT2D eigenvalue weighted by Crippen LogP contribution is 2.38. The number of benzene rings is 1.